The van der Waals surface area contributed by atoms with Crippen LogP contribution < -0.4 is 0 Å². The summed E-state index contributed by atoms with van der Waals surface area (Å²) in [6.07, 6.45) is 8.08. The average Bonchev–Trinajstić information content (AvgIpc) is 3.03. The van der Waals surface area contributed by atoms with Crippen molar-refractivity contribution in [2.75, 3.05) is 0 Å². The number of benzene rings is 3. The van der Waals surface area contributed by atoms with Gasteiger partial charge in [0.2, 0.25) is 0 Å². The van der Waals surface area contributed by atoms with Crippen molar-refractivity contribution in [3.8, 4) is 5.69 Å². The predicted octanol–water partition coefficient (Wildman–Crippen LogP) is 6.93. The second-order valence-corrected chi connectivity index (χ2v) is 6.27. The fourth-order valence-corrected chi connectivity index (χ4v) is 3.51. The summed E-state index contributed by atoms with van der Waals surface area (Å²) in [7, 11) is 0. The second-order valence-electron chi connectivity index (χ2n) is 6.27. The minimum absolute atomic E-state index is 1.12. The van der Waals surface area contributed by atoms with E-state index in [1.165, 1.54) is 21.8 Å². The largest absolute Gasteiger partial charge is 0.309 e. The summed E-state index contributed by atoms with van der Waals surface area (Å²) in [6, 6.07) is 25.8. The number of hydrogen-bond donors (Lipinski definition) is 0. The normalized spacial score (nSPS) is 12.3. The summed E-state index contributed by atoms with van der Waals surface area (Å²) in [4.78, 5) is 0. The summed E-state index contributed by atoms with van der Waals surface area (Å²) in [5.74, 6) is 0. The number of aromatic nitrogens is 1. The Morgan fingerprint density at radius 1 is 0.846 bits per heavy atom. The van der Waals surface area contributed by atoms with E-state index in [0.29, 0.717) is 0 Å². The van der Waals surface area contributed by atoms with E-state index < -0.39 is 0 Å². The molecule has 0 saturated heterocycles. The Bertz CT molecular complexity index is 1100. The van der Waals surface area contributed by atoms with Gasteiger partial charge in [-0.05, 0) is 42.3 Å². The van der Waals surface area contributed by atoms with Crippen molar-refractivity contribution in [2.45, 2.75) is 6.92 Å². The highest BCUT2D eigenvalue weighted by molar-refractivity contribution is 6.09. The summed E-state index contributed by atoms with van der Waals surface area (Å²) in [6.45, 7) is 5.99. The Labute approximate surface area is 154 Å². The summed E-state index contributed by atoms with van der Waals surface area (Å²) >= 11 is 0. The molecule has 126 valence electrons. The smallest absolute Gasteiger partial charge is 0.0541 e. The van der Waals surface area contributed by atoms with Gasteiger partial charge >= 0.3 is 0 Å². The van der Waals surface area contributed by atoms with Gasteiger partial charge in [-0.3, -0.25) is 0 Å². The first-order chi connectivity index (χ1) is 12.8. The molecular formula is C25H21N. The van der Waals surface area contributed by atoms with Crippen LogP contribution in [0, 0.1) is 0 Å². The van der Waals surface area contributed by atoms with E-state index in [0.717, 1.165) is 16.8 Å². The molecule has 1 heterocycles. The Morgan fingerprint density at radius 2 is 1.50 bits per heavy atom. The lowest BCUT2D eigenvalue weighted by atomic mass is 10.0. The van der Waals surface area contributed by atoms with E-state index in [1.54, 1.807) is 0 Å². The van der Waals surface area contributed by atoms with Gasteiger partial charge < -0.3 is 4.57 Å². The fraction of sp³-hybridized carbons (Fsp3) is 0.0400. The van der Waals surface area contributed by atoms with E-state index in [2.05, 4.69) is 90.0 Å². The lowest BCUT2D eigenvalue weighted by Gasteiger charge is -2.10. The van der Waals surface area contributed by atoms with Crippen LogP contribution in [0.1, 0.15) is 12.5 Å². The van der Waals surface area contributed by atoms with Crippen LogP contribution in [-0.4, -0.2) is 4.57 Å². The number of fused-ring (bicyclic) bond motifs is 3. The first-order valence-electron chi connectivity index (χ1n) is 8.88. The zero-order valence-electron chi connectivity index (χ0n) is 14.9. The van der Waals surface area contributed by atoms with E-state index in [-0.39, 0.29) is 0 Å². The molecular weight excluding hydrogens is 314 g/mol. The van der Waals surface area contributed by atoms with Crippen molar-refractivity contribution >= 4 is 27.4 Å². The standard InChI is InChI=1S/C25H21N/c1-3-5-11-19(4-2)20-12-10-13-21(18-20)26-24-16-8-6-14-22(24)23-15-7-9-17-25(23)26/h3-18H,2H2,1H3/b5-3-,19-11+. The maximum Gasteiger partial charge on any atom is 0.0541 e. The molecule has 0 spiro atoms. The van der Waals surface area contributed by atoms with Crippen molar-refractivity contribution in [2.24, 2.45) is 0 Å². The molecule has 1 heteroatoms. The van der Waals surface area contributed by atoms with Gasteiger partial charge in [-0.15, -0.1) is 0 Å². The van der Waals surface area contributed by atoms with Gasteiger partial charge in [0.25, 0.3) is 0 Å². The summed E-state index contributed by atoms with van der Waals surface area (Å²) in [5, 5.41) is 2.56. The highest BCUT2D eigenvalue weighted by Crippen LogP contribution is 2.32. The maximum atomic E-state index is 3.97. The van der Waals surface area contributed by atoms with Crippen molar-refractivity contribution in [1.82, 2.24) is 4.57 Å². The third-order valence-corrected chi connectivity index (χ3v) is 4.71. The molecule has 4 aromatic rings. The average molecular weight is 335 g/mol. The predicted molar refractivity (Wildman–Crippen MR) is 114 cm³/mol. The zero-order valence-corrected chi connectivity index (χ0v) is 14.9. The van der Waals surface area contributed by atoms with Crippen LogP contribution in [0.4, 0.5) is 0 Å². The molecule has 0 bridgehead atoms. The van der Waals surface area contributed by atoms with Crippen LogP contribution in [0.3, 0.4) is 0 Å². The Kier molecular flexibility index (Phi) is 4.28. The lowest BCUT2D eigenvalue weighted by molar-refractivity contribution is 1.18. The van der Waals surface area contributed by atoms with Crippen molar-refractivity contribution < 1.29 is 0 Å². The highest BCUT2D eigenvalue weighted by atomic mass is 15.0. The third-order valence-electron chi connectivity index (χ3n) is 4.71. The zero-order chi connectivity index (χ0) is 17.9. The van der Waals surface area contributed by atoms with Crippen molar-refractivity contribution in [1.29, 1.82) is 0 Å². The van der Waals surface area contributed by atoms with Gasteiger partial charge in [0.05, 0.1) is 11.0 Å². The lowest BCUT2D eigenvalue weighted by Crippen LogP contribution is -1.94. The van der Waals surface area contributed by atoms with E-state index in [9.17, 15) is 0 Å². The summed E-state index contributed by atoms with van der Waals surface area (Å²) in [5.41, 5.74) is 5.89. The fourth-order valence-electron chi connectivity index (χ4n) is 3.51. The van der Waals surface area contributed by atoms with Gasteiger partial charge in [0, 0.05) is 16.5 Å². The highest BCUT2D eigenvalue weighted by Gasteiger charge is 2.11. The van der Waals surface area contributed by atoms with Crippen LogP contribution in [0.15, 0.2) is 104 Å². The third kappa shape index (κ3) is 2.68. The van der Waals surface area contributed by atoms with Crippen LogP contribution >= 0.6 is 0 Å². The molecule has 4 rings (SSSR count). The Balaban J connectivity index is 1.99. The topological polar surface area (TPSA) is 4.93 Å². The molecule has 26 heavy (non-hydrogen) atoms. The monoisotopic (exact) mass is 335 g/mol. The molecule has 0 aliphatic carbocycles. The Hall–Kier alpha value is -3.32. The minimum atomic E-state index is 1.12. The molecule has 0 fully saturated rings. The van der Waals surface area contributed by atoms with Gasteiger partial charge in [0.1, 0.15) is 0 Å². The molecule has 1 nitrogen and oxygen atoms in total. The second kappa shape index (κ2) is 6.89. The van der Waals surface area contributed by atoms with Crippen molar-refractivity contribution in [3.05, 3.63) is 109 Å². The van der Waals surface area contributed by atoms with Gasteiger partial charge in [-0.1, -0.05) is 79.4 Å². The van der Waals surface area contributed by atoms with E-state index in [4.69, 9.17) is 0 Å². The first kappa shape index (κ1) is 16.2. The molecule has 0 unspecified atom stereocenters. The number of rotatable bonds is 4. The maximum absolute atomic E-state index is 3.97. The quantitative estimate of drug-likeness (QED) is 0.356. The molecule has 0 saturated carbocycles. The van der Waals surface area contributed by atoms with E-state index in [1.807, 2.05) is 25.2 Å². The van der Waals surface area contributed by atoms with Crippen LogP contribution in [0.25, 0.3) is 33.1 Å². The summed E-state index contributed by atoms with van der Waals surface area (Å²) < 4.78 is 2.34. The van der Waals surface area contributed by atoms with Crippen molar-refractivity contribution in [3.63, 3.8) is 0 Å². The van der Waals surface area contributed by atoms with Crippen LogP contribution in [0.2, 0.25) is 0 Å². The first-order valence-corrected chi connectivity index (χ1v) is 8.88. The Morgan fingerprint density at radius 3 is 2.12 bits per heavy atom. The molecule has 0 atom stereocenters. The number of allylic oxidation sites excluding steroid dienone is 5. The molecule has 1 aromatic heterocycles. The molecule has 0 amide bonds. The minimum Gasteiger partial charge on any atom is -0.309 e. The molecule has 0 aliphatic heterocycles. The number of nitrogens with zero attached hydrogens (tertiary/aromatic N) is 1. The van der Waals surface area contributed by atoms with Crippen LogP contribution in [0.5, 0.6) is 0 Å². The van der Waals surface area contributed by atoms with E-state index >= 15 is 0 Å². The number of para-hydroxylation sites is 2. The van der Waals surface area contributed by atoms with Crippen LogP contribution in [-0.2, 0) is 0 Å². The van der Waals surface area contributed by atoms with Gasteiger partial charge in [-0.2, -0.15) is 0 Å². The molecule has 3 aromatic carbocycles. The molecule has 0 radical (unpaired) electrons. The van der Waals surface area contributed by atoms with Gasteiger partial charge in [0.15, 0.2) is 0 Å². The van der Waals surface area contributed by atoms with Gasteiger partial charge in [-0.25, -0.2) is 0 Å². The number of hydrogen-bond acceptors (Lipinski definition) is 0. The SMILES string of the molecule is C=C/C(=C\C=C/C)c1cccc(-n2c3ccccc3c3ccccc32)c1. The molecule has 0 aliphatic rings. The molecule has 0 N–H and O–H groups in total.